The number of halogens is 4. The number of carbonyl (C=O) groups excluding carboxylic acids is 2. The summed E-state index contributed by atoms with van der Waals surface area (Å²) in [5.41, 5.74) is 0.291. The predicted octanol–water partition coefficient (Wildman–Crippen LogP) is 3.04. The zero-order chi connectivity index (χ0) is 16.6. The minimum atomic E-state index is -6.00. The van der Waals surface area contributed by atoms with Crippen molar-refractivity contribution in [1.29, 1.82) is 5.39 Å². The van der Waals surface area contributed by atoms with Crippen LogP contribution in [0.5, 0.6) is 0 Å². The van der Waals surface area contributed by atoms with Crippen LogP contribution in [0.1, 0.15) is 20.7 Å². The lowest BCUT2D eigenvalue weighted by Gasteiger charge is -2.00. The normalized spacial score (nSPS) is 9.76. The maximum absolute atomic E-state index is 11.2. The Balaban J connectivity index is 0.000000690. The second-order valence-corrected chi connectivity index (χ2v) is 3.35. The number of rotatable bonds is 2. The van der Waals surface area contributed by atoms with Gasteiger partial charge in [0.05, 0.1) is 25.3 Å². The third kappa shape index (κ3) is 7.51. The maximum atomic E-state index is 11.2. The van der Waals surface area contributed by atoms with Gasteiger partial charge in [-0.25, -0.2) is 9.59 Å². The summed E-state index contributed by atoms with van der Waals surface area (Å²) < 4.78 is 48.0. The standard InChI is InChI=1S/C10H9N2O4.BF4/c1-15-9(13)6-3-7(10(14)16-2)5-8(4-6)12-11;2-1(3,4)5/h3-5H,1-2H3;/q+1;-1. The quantitative estimate of drug-likeness (QED) is 0.363. The molecular formula is C10H9BF4N2O4. The molecule has 0 aliphatic rings. The number of esters is 2. The predicted molar refractivity (Wildman–Crippen MR) is 64.1 cm³/mol. The largest absolute Gasteiger partial charge is 0.673 e. The van der Waals surface area contributed by atoms with Crippen molar-refractivity contribution in [3.05, 3.63) is 34.3 Å². The summed E-state index contributed by atoms with van der Waals surface area (Å²) >= 11 is 0. The second kappa shape index (κ2) is 7.83. The SMILES string of the molecule is COC(=O)c1cc([N+]#N)cc(C(=O)OC)c1.F[B-](F)(F)F. The summed E-state index contributed by atoms with van der Waals surface area (Å²) in [5, 5.41) is 8.62. The third-order valence-electron chi connectivity index (χ3n) is 1.88. The third-order valence-corrected chi connectivity index (χ3v) is 1.88. The number of ether oxygens (including phenoxy) is 2. The fraction of sp³-hybridized carbons (Fsp3) is 0.200. The van der Waals surface area contributed by atoms with Gasteiger partial charge in [-0.2, -0.15) is 0 Å². The van der Waals surface area contributed by atoms with Gasteiger partial charge < -0.3 is 26.7 Å². The van der Waals surface area contributed by atoms with E-state index in [-0.39, 0.29) is 16.8 Å². The average molecular weight is 308 g/mol. The Bertz CT molecular complexity index is 531. The van der Waals surface area contributed by atoms with Gasteiger partial charge in [-0.05, 0) is 6.07 Å². The molecule has 114 valence electrons. The lowest BCUT2D eigenvalue weighted by molar-refractivity contribution is 0.0599. The number of carbonyl (C=O) groups is 2. The summed E-state index contributed by atoms with van der Waals surface area (Å²) in [5.74, 6) is -1.26. The van der Waals surface area contributed by atoms with Crippen LogP contribution in [0, 0.1) is 5.39 Å². The van der Waals surface area contributed by atoms with Crippen LogP contribution in [0.4, 0.5) is 23.0 Å². The van der Waals surface area contributed by atoms with Crippen LogP contribution in [0.3, 0.4) is 0 Å². The van der Waals surface area contributed by atoms with Crippen LogP contribution in [-0.4, -0.2) is 33.4 Å². The summed E-state index contributed by atoms with van der Waals surface area (Å²) in [4.78, 5) is 25.4. The number of hydrogen-bond acceptors (Lipinski definition) is 5. The van der Waals surface area contributed by atoms with Gasteiger partial charge in [0.15, 0.2) is 4.98 Å². The van der Waals surface area contributed by atoms with Crippen molar-refractivity contribution in [2.75, 3.05) is 14.2 Å². The van der Waals surface area contributed by atoms with Crippen molar-refractivity contribution in [3.63, 3.8) is 0 Å². The van der Waals surface area contributed by atoms with Crippen LogP contribution in [0.25, 0.3) is 4.98 Å². The van der Waals surface area contributed by atoms with E-state index in [1.54, 1.807) is 0 Å². The van der Waals surface area contributed by atoms with Crippen LogP contribution >= 0.6 is 0 Å². The fourth-order valence-corrected chi connectivity index (χ4v) is 1.14. The first-order chi connectivity index (χ1) is 9.62. The van der Waals surface area contributed by atoms with Gasteiger partial charge >= 0.3 is 24.9 Å². The highest BCUT2D eigenvalue weighted by atomic mass is 19.5. The maximum Gasteiger partial charge on any atom is 0.673 e. The smallest absolute Gasteiger partial charge is 0.465 e. The van der Waals surface area contributed by atoms with Crippen LogP contribution in [-0.2, 0) is 9.47 Å². The molecule has 0 bridgehead atoms. The number of diazo groups is 1. The molecule has 0 unspecified atom stereocenters. The molecule has 0 fully saturated rings. The van der Waals surface area contributed by atoms with Gasteiger partial charge in [0, 0.05) is 12.1 Å². The minimum Gasteiger partial charge on any atom is -0.465 e. The molecule has 0 spiro atoms. The molecule has 0 heterocycles. The number of nitrogens with zero attached hydrogens (tertiary/aromatic N) is 2. The van der Waals surface area contributed by atoms with E-state index in [1.807, 2.05) is 0 Å². The van der Waals surface area contributed by atoms with Crippen LogP contribution in [0.2, 0.25) is 0 Å². The van der Waals surface area contributed by atoms with E-state index in [9.17, 15) is 26.9 Å². The van der Waals surface area contributed by atoms with Crippen molar-refractivity contribution in [2.45, 2.75) is 0 Å². The highest BCUT2D eigenvalue weighted by Gasteiger charge is 2.20. The summed E-state index contributed by atoms with van der Waals surface area (Å²) in [6.45, 7) is 0. The first-order valence-electron chi connectivity index (χ1n) is 5.16. The zero-order valence-corrected chi connectivity index (χ0v) is 10.8. The monoisotopic (exact) mass is 308 g/mol. The van der Waals surface area contributed by atoms with E-state index in [2.05, 4.69) is 14.4 Å². The molecule has 0 radical (unpaired) electrons. The molecular weight excluding hydrogens is 299 g/mol. The molecule has 0 N–H and O–H groups in total. The lowest BCUT2D eigenvalue weighted by Crippen LogP contribution is -2.06. The summed E-state index contributed by atoms with van der Waals surface area (Å²) in [6, 6.07) is 3.88. The molecule has 0 saturated carbocycles. The van der Waals surface area contributed by atoms with Gasteiger partial charge in [-0.1, -0.05) is 0 Å². The van der Waals surface area contributed by atoms with Crippen LogP contribution < -0.4 is 0 Å². The van der Waals surface area contributed by atoms with Gasteiger partial charge in [-0.3, -0.25) is 0 Å². The average Bonchev–Trinajstić information content (AvgIpc) is 2.43. The van der Waals surface area contributed by atoms with E-state index < -0.39 is 19.2 Å². The molecule has 0 saturated heterocycles. The Labute approximate surface area is 116 Å². The van der Waals surface area contributed by atoms with Crippen molar-refractivity contribution in [3.8, 4) is 0 Å². The first kappa shape index (κ1) is 18.4. The van der Waals surface area contributed by atoms with Crippen molar-refractivity contribution in [2.24, 2.45) is 0 Å². The molecule has 21 heavy (non-hydrogen) atoms. The Morgan fingerprint density at radius 1 is 1.00 bits per heavy atom. The van der Waals surface area contributed by atoms with Gasteiger partial charge in [0.25, 0.3) is 0 Å². The van der Waals surface area contributed by atoms with E-state index in [0.717, 1.165) is 0 Å². The Morgan fingerprint density at radius 3 is 1.57 bits per heavy atom. The molecule has 1 rings (SSSR count). The molecule has 0 aliphatic heterocycles. The first-order valence-corrected chi connectivity index (χ1v) is 5.16. The molecule has 1 aromatic carbocycles. The van der Waals surface area contributed by atoms with Crippen molar-refractivity contribution in [1.82, 2.24) is 0 Å². The molecule has 0 atom stereocenters. The topological polar surface area (TPSA) is 80.8 Å². The molecule has 11 heteroatoms. The Morgan fingerprint density at radius 2 is 1.33 bits per heavy atom. The summed E-state index contributed by atoms with van der Waals surface area (Å²) in [6.07, 6.45) is 0. The number of benzene rings is 1. The zero-order valence-electron chi connectivity index (χ0n) is 10.8. The highest BCUT2D eigenvalue weighted by molar-refractivity contribution is 6.50. The lowest BCUT2D eigenvalue weighted by atomic mass is 10.1. The second-order valence-electron chi connectivity index (χ2n) is 3.35. The number of hydrogen-bond donors (Lipinski definition) is 0. The van der Waals surface area contributed by atoms with E-state index in [1.165, 1.54) is 32.4 Å². The van der Waals surface area contributed by atoms with Crippen molar-refractivity contribution >= 4 is 24.9 Å². The Kier molecular flexibility index (Phi) is 6.85. The van der Waals surface area contributed by atoms with Gasteiger partial charge in [0.2, 0.25) is 5.39 Å². The van der Waals surface area contributed by atoms with Gasteiger partial charge in [-0.15, -0.1) is 0 Å². The Hall–Kier alpha value is -2.64. The fourth-order valence-electron chi connectivity index (χ4n) is 1.14. The van der Waals surface area contributed by atoms with Crippen LogP contribution in [0.15, 0.2) is 18.2 Å². The minimum absolute atomic E-state index is 0.0725. The molecule has 6 nitrogen and oxygen atoms in total. The van der Waals surface area contributed by atoms with E-state index in [0.29, 0.717) is 0 Å². The van der Waals surface area contributed by atoms with E-state index >= 15 is 0 Å². The molecule has 1 aromatic rings. The molecule has 0 amide bonds. The summed E-state index contributed by atoms with van der Waals surface area (Å²) in [7, 11) is -3.58. The van der Waals surface area contributed by atoms with Crippen molar-refractivity contribution < 1.29 is 36.3 Å². The molecule has 0 aliphatic carbocycles. The molecule has 0 aromatic heterocycles. The van der Waals surface area contributed by atoms with E-state index in [4.69, 9.17) is 5.39 Å². The van der Waals surface area contributed by atoms with Gasteiger partial charge in [0.1, 0.15) is 0 Å². The highest BCUT2D eigenvalue weighted by Crippen LogP contribution is 2.19. The number of methoxy groups -OCH3 is 2.